The summed E-state index contributed by atoms with van der Waals surface area (Å²) in [7, 11) is 0. The Kier molecular flexibility index (Phi) is 9.20. The highest BCUT2D eigenvalue weighted by Gasteiger charge is 2.44. The van der Waals surface area contributed by atoms with Gasteiger partial charge in [-0.25, -0.2) is 27.8 Å². The van der Waals surface area contributed by atoms with Crippen LogP contribution in [-0.4, -0.2) is 70.9 Å². The molecule has 3 amide bonds. The number of alkyl halides is 5. The van der Waals surface area contributed by atoms with E-state index in [1.165, 1.54) is 19.9 Å². The van der Waals surface area contributed by atoms with E-state index in [1.54, 1.807) is 0 Å². The lowest BCUT2D eigenvalue weighted by atomic mass is 9.94. The molecular weight excluding hydrogens is 605 g/mol. The summed E-state index contributed by atoms with van der Waals surface area (Å²) in [5, 5.41) is 0.275. The van der Waals surface area contributed by atoms with E-state index in [4.69, 9.17) is 0 Å². The van der Waals surface area contributed by atoms with Gasteiger partial charge < -0.3 is 14.6 Å². The van der Waals surface area contributed by atoms with Crippen molar-refractivity contribution in [2.24, 2.45) is 5.92 Å². The standard InChI is InChI=1S/C28H25F7N4O5/c1-14-15(2)25(41)36-39(44-27(43)28(33,34)35)21(14)12-16-3-8-20(30)19(11-16)26(42)37-9-10-38(22(40)13-37)23(24(31)32)17-4-6-18(29)7-5-17/h3-8,11,15,23-24H,9-10,12-13H2,1-2H3,(H,36,41). The molecule has 236 valence electrons. The van der Waals surface area contributed by atoms with Crippen LogP contribution in [-0.2, 0) is 25.6 Å². The van der Waals surface area contributed by atoms with Crippen molar-refractivity contribution < 1.29 is 54.7 Å². The van der Waals surface area contributed by atoms with Crippen LogP contribution in [0.25, 0.3) is 0 Å². The Morgan fingerprint density at radius 2 is 1.70 bits per heavy atom. The summed E-state index contributed by atoms with van der Waals surface area (Å²) in [6.07, 6.45) is -8.72. The normalized spacial score (nSPS) is 18.5. The molecule has 1 fully saturated rings. The SMILES string of the molecule is CC1=C(Cc2ccc(F)c(C(=O)N3CCN(C(c4ccc(F)cc4)C(F)F)C(=O)C3)c2)N(OC(=O)C(F)(F)F)NC(=O)C1C. The number of hydrogen-bond acceptors (Lipinski definition) is 6. The van der Waals surface area contributed by atoms with Crippen molar-refractivity contribution >= 4 is 23.7 Å². The number of hydrogen-bond donors (Lipinski definition) is 1. The van der Waals surface area contributed by atoms with E-state index in [1.807, 2.05) is 5.43 Å². The maximum absolute atomic E-state index is 14.8. The molecule has 0 bridgehead atoms. The van der Waals surface area contributed by atoms with Gasteiger partial charge in [-0.3, -0.25) is 14.4 Å². The average Bonchev–Trinajstić information content (AvgIpc) is 2.95. The second-order valence-electron chi connectivity index (χ2n) is 10.1. The summed E-state index contributed by atoms with van der Waals surface area (Å²) in [5.74, 6) is -7.66. The third-order valence-corrected chi connectivity index (χ3v) is 7.32. The molecule has 0 radical (unpaired) electrons. The zero-order chi connectivity index (χ0) is 32.5. The van der Waals surface area contributed by atoms with Crippen molar-refractivity contribution in [3.05, 3.63) is 82.1 Å². The molecule has 0 saturated carbocycles. The molecule has 2 heterocycles. The van der Waals surface area contributed by atoms with E-state index >= 15 is 0 Å². The van der Waals surface area contributed by atoms with Crippen molar-refractivity contribution in [1.29, 1.82) is 0 Å². The Bertz CT molecular complexity index is 1500. The second kappa shape index (κ2) is 12.5. The van der Waals surface area contributed by atoms with Gasteiger partial charge in [-0.05, 0) is 54.8 Å². The fourth-order valence-corrected chi connectivity index (χ4v) is 4.78. The van der Waals surface area contributed by atoms with Gasteiger partial charge in [0.1, 0.15) is 24.2 Å². The number of halogens is 7. The number of hydrazine groups is 1. The lowest BCUT2D eigenvalue weighted by molar-refractivity contribution is -0.242. The lowest BCUT2D eigenvalue weighted by Crippen LogP contribution is -2.54. The van der Waals surface area contributed by atoms with Crippen molar-refractivity contribution in [2.75, 3.05) is 19.6 Å². The molecule has 2 aliphatic heterocycles. The van der Waals surface area contributed by atoms with Crippen LogP contribution >= 0.6 is 0 Å². The van der Waals surface area contributed by atoms with E-state index in [0.29, 0.717) is 0 Å². The smallest absolute Gasteiger partial charge is 0.327 e. The quantitative estimate of drug-likeness (QED) is 0.464. The van der Waals surface area contributed by atoms with Crippen LogP contribution in [0.3, 0.4) is 0 Å². The molecule has 2 aliphatic rings. The number of benzene rings is 2. The van der Waals surface area contributed by atoms with E-state index < -0.39 is 72.0 Å². The molecule has 2 aromatic carbocycles. The topological polar surface area (TPSA) is 99.3 Å². The molecule has 0 aromatic heterocycles. The summed E-state index contributed by atoms with van der Waals surface area (Å²) in [6.45, 7) is 1.64. The van der Waals surface area contributed by atoms with Gasteiger partial charge in [0, 0.05) is 19.5 Å². The van der Waals surface area contributed by atoms with Crippen molar-refractivity contribution in [2.45, 2.75) is 38.9 Å². The molecule has 2 aromatic rings. The Labute approximate surface area is 245 Å². The van der Waals surface area contributed by atoms with Crippen LogP contribution in [0.2, 0.25) is 0 Å². The zero-order valence-corrected chi connectivity index (χ0v) is 23.1. The molecule has 0 spiro atoms. The largest absolute Gasteiger partial charge is 0.493 e. The third-order valence-electron chi connectivity index (χ3n) is 7.32. The molecule has 0 aliphatic carbocycles. The average molecular weight is 631 g/mol. The highest BCUT2D eigenvalue weighted by molar-refractivity contribution is 5.97. The molecule has 2 atom stereocenters. The van der Waals surface area contributed by atoms with Gasteiger partial charge in [-0.1, -0.05) is 18.2 Å². The van der Waals surface area contributed by atoms with Crippen LogP contribution in [0.1, 0.15) is 41.4 Å². The Morgan fingerprint density at radius 1 is 1.05 bits per heavy atom. The minimum absolute atomic E-state index is 0.0129. The number of nitrogens with one attached hydrogen (secondary N) is 1. The minimum atomic E-state index is -5.38. The Hall–Kier alpha value is -4.63. The molecule has 4 rings (SSSR count). The monoisotopic (exact) mass is 630 g/mol. The summed E-state index contributed by atoms with van der Waals surface area (Å²) >= 11 is 0. The predicted molar refractivity (Wildman–Crippen MR) is 137 cm³/mol. The van der Waals surface area contributed by atoms with E-state index in [2.05, 4.69) is 4.84 Å². The van der Waals surface area contributed by atoms with Crippen molar-refractivity contribution in [1.82, 2.24) is 20.4 Å². The van der Waals surface area contributed by atoms with Crippen LogP contribution in [0, 0.1) is 17.6 Å². The third kappa shape index (κ3) is 6.78. The number of carbonyl (C=O) groups excluding carboxylic acids is 4. The number of carbonyl (C=O) groups is 4. The van der Waals surface area contributed by atoms with Gasteiger partial charge in [0.15, 0.2) is 0 Å². The molecule has 1 saturated heterocycles. The maximum atomic E-state index is 14.8. The van der Waals surface area contributed by atoms with Gasteiger partial charge in [-0.2, -0.15) is 13.2 Å². The zero-order valence-electron chi connectivity index (χ0n) is 23.1. The van der Waals surface area contributed by atoms with E-state index in [9.17, 15) is 49.9 Å². The van der Waals surface area contributed by atoms with Gasteiger partial charge in [0.2, 0.25) is 11.8 Å². The number of piperazine rings is 1. The van der Waals surface area contributed by atoms with Gasteiger partial charge in [0.05, 0.1) is 17.2 Å². The first kappa shape index (κ1) is 32.3. The first-order valence-electron chi connectivity index (χ1n) is 13.1. The molecule has 16 heteroatoms. The van der Waals surface area contributed by atoms with Crippen molar-refractivity contribution in [3.63, 3.8) is 0 Å². The van der Waals surface area contributed by atoms with Gasteiger partial charge in [-0.15, -0.1) is 5.17 Å². The fourth-order valence-electron chi connectivity index (χ4n) is 4.78. The molecule has 44 heavy (non-hydrogen) atoms. The second-order valence-corrected chi connectivity index (χ2v) is 10.1. The number of allylic oxidation sites excluding steroid dienone is 1. The highest BCUT2D eigenvalue weighted by atomic mass is 19.4. The summed E-state index contributed by atoms with van der Waals surface area (Å²) in [4.78, 5) is 56.0. The van der Waals surface area contributed by atoms with Crippen LogP contribution in [0.4, 0.5) is 30.7 Å². The number of rotatable bonds is 7. The highest BCUT2D eigenvalue weighted by Crippen LogP contribution is 2.31. The van der Waals surface area contributed by atoms with Crippen LogP contribution in [0.15, 0.2) is 53.7 Å². The summed E-state index contributed by atoms with van der Waals surface area (Å²) in [5.41, 5.74) is 1.83. The Morgan fingerprint density at radius 3 is 2.30 bits per heavy atom. The molecule has 2 unspecified atom stereocenters. The Balaban J connectivity index is 1.54. The lowest BCUT2D eigenvalue weighted by Gasteiger charge is -2.39. The van der Waals surface area contributed by atoms with Crippen LogP contribution < -0.4 is 5.43 Å². The first-order valence-corrected chi connectivity index (χ1v) is 13.1. The predicted octanol–water partition coefficient (Wildman–Crippen LogP) is 4.08. The number of nitrogens with zero attached hydrogens (tertiary/aromatic N) is 3. The summed E-state index contributed by atoms with van der Waals surface area (Å²) in [6, 6.07) is 5.71. The van der Waals surface area contributed by atoms with Gasteiger partial charge >= 0.3 is 12.1 Å². The molecule has 9 nitrogen and oxygen atoms in total. The summed E-state index contributed by atoms with van der Waals surface area (Å²) < 4.78 is 94.6. The van der Waals surface area contributed by atoms with Crippen LogP contribution in [0.5, 0.6) is 0 Å². The molecular formula is C28H25F7N4O5. The number of amides is 3. The van der Waals surface area contributed by atoms with Crippen molar-refractivity contribution in [3.8, 4) is 0 Å². The molecule has 1 N–H and O–H groups in total. The first-order chi connectivity index (χ1) is 20.6. The minimum Gasteiger partial charge on any atom is -0.327 e. The fraction of sp³-hybridized carbons (Fsp3) is 0.357. The van der Waals surface area contributed by atoms with E-state index in [0.717, 1.165) is 46.2 Å². The van der Waals surface area contributed by atoms with E-state index in [-0.39, 0.29) is 47.1 Å². The van der Waals surface area contributed by atoms with Gasteiger partial charge in [0.25, 0.3) is 12.3 Å². The maximum Gasteiger partial charge on any atom is 0.493 e. The number of hydroxylamine groups is 1.